The van der Waals surface area contributed by atoms with Gasteiger partial charge in [-0.2, -0.15) is 0 Å². The number of methoxy groups -OCH3 is 2. The van der Waals surface area contributed by atoms with Crippen molar-refractivity contribution in [3.05, 3.63) is 11.4 Å². The molecule has 1 heterocycles. The molecule has 1 aromatic rings. The molecule has 1 rings (SSSR count). The Morgan fingerprint density at radius 1 is 1.24 bits per heavy atom. The van der Waals surface area contributed by atoms with E-state index in [2.05, 4.69) is 25.1 Å². The molecule has 21 heavy (non-hydrogen) atoms. The summed E-state index contributed by atoms with van der Waals surface area (Å²) < 4.78 is 10.3. The Labute approximate surface area is 121 Å². The molecule has 1 N–H and O–H groups in total. The molecule has 9 nitrogen and oxygen atoms in total. The number of carbonyl (C=O) groups excluding carboxylic acids is 3. The fourth-order valence-electron chi connectivity index (χ4n) is 1.56. The van der Waals surface area contributed by atoms with E-state index < -0.39 is 11.9 Å². The van der Waals surface area contributed by atoms with Gasteiger partial charge in [-0.05, 0) is 6.42 Å². The largest absolute Gasteiger partial charge is 0.469 e. The Morgan fingerprint density at radius 2 is 1.95 bits per heavy atom. The van der Waals surface area contributed by atoms with E-state index in [1.807, 2.05) is 6.92 Å². The highest BCUT2D eigenvalue weighted by Crippen LogP contribution is 2.09. The van der Waals surface area contributed by atoms with Crippen molar-refractivity contribution >= 4 is 17.8 Å². The van der Waals surface area contributed by atoms with Gasteiger partial charge in [0.05, 0.1) is 26.3 Å². The smallest absolute Gasteiger partial charge is 0.360 e. The van der Waals surface area contributed by atoms with E-state index in [4.69, 9.17) is 0 Å². The van der Waals surface area contributed by atoms with Crippen LogP contribution in [0, 0.1) is 0 Å². The SMILES string of the molecule is CCCNC(=O)Cn1nnc(C(=O)OC)c1CC(=O)OC. The minimum Gasteiger partial charge on any atom is -0.469 e. The van der Waals surface area contributed by atoms with Crippen LogP contribution < -0.4 is 5.32 Å². The molecule has 0 aromatic carbocycles. The van der Waals surface area contributed by atoms with Gasteiger partial charge in [-0.25, -0.2) is 9.48 Å². The lowest BCUT2D eigenvalue weighted by atomic mass is 10.2. The highest BCUT2D eigenvalue weighted by atomic mass is 16.5. The number of aromatic nitrogens is 3. The second-order valence-electron chi connectivity index (χ2n) is 4.14. The molecule has 0 saturated heterocycles. The molecule has 0 aliphatic heterocycles. The third-order valence-corrected chi connectivity index (χ3v) is 2.62. The van der Waals surface area contributed by atoms with Gasteiger partial charge in [0, 0.05) is 6.54 Å². The number of nitrogens with one attached hydrogen (secondary N) is 1. The third-order valence-electron chi connectivity index (χ3n) is 2.62. The van der Waals surface area contributed by atoms with E-state index in [9.17, 15) is 14.4 Å². The van der Waals surface area contributed by atoms with Crippen LogP contribution in [-0.2, 0) is 32.0 Å². The third kappa shape index (κ3) is 4.55. The predicted molar refractivity (Wildman–Crippen MR) is 70.4 cm³/mol. The number of esters is 2. The predicted octanol–water partition coefficient (Wildman–Crippen LogP) is -0.694. The summed E-state index contributed by atoms with van der Waals surface area (Å²) in [5.41, 5.74) is 0.0755. The van der Waals surface area contributed by atoms with Gasteiger partial charge in [-0.1, -0.05) is 12.1 Å². The average molecular weight is 298 g/mol. The molecule has 116 valence electrons. The molecule has 1 aromatic heterocycles. The van der Waals surface area contributed by atoms with Gasteiger partial charge in [0.2, 0.25) is 5.91 Å². The molecular weight excluding hydrogens is 280 g/mol. The lowest BCUT2D eigenvalue weighted by Gasteiger charge is -2.07. The fourth-order valence-corrected chi connectivity index (χ4v) is 1.56. The molecule has 0 saturated carbocycles. The molecule has 0 unspecified atom stereocenters. The van der Waals surface area contributed by atoms with Crippen LogP contribution in [-0.4, -0.2) is 53.6 Å². The number of amides is 1. The summed E-state index contributed by atoms with van der Waals surface area (Å²) in [4.78, 5) is 34.7. The first-order valence-electron chi connectivity index (χ1n) is 6.37. The highest BCUT2D eigenvalue weighted by Gasteiger charge is 2.23. The van der Waals surface area contributed by atoms with Crippen molar-refractivity contribution in [1.82, 2.24) is 20.3 Å². The Morgan fingerprint density at radius 3 is 2.52 bits per heavy atom. The maximum Gasteiger partial charge on any atom is 0.360 e. The van der Waals surface area contributed by atoms with Gasteiger partial charge >= 0.3 is 11.9 Å². The zero-order valence-corrected chi connectivity index (χ0v) is 12.2. The zero-order valence-electron chi connectivity index (χ0n) is 12.2. The minimum absolute atomic E-state index is 0.105. The van der Waals surface area contributed by atoms with Crippen molar-refractivity contribution in [2.45, 2.75) is 26.3 Å². The lowest BCUT2D eigenvalue weighted by Crippen LogP contribution is -2.29. The molecule has 0 bridgehead atoms. The number of nitrogens with zero attached hydrogens (tertiary/aromatic N) is 3. The lowest BCUT2D eigenvalue weighted by molar-refractivity contribution is -0.140. The molecule has 1 amide bonds. The van der Waals surface area contributed by atoms with E-state index in [1.165, 1.54) is 18.9 Å². The molecule has 0 spiro atoms. The molecule has 0 aliphatic carbocycles. The summed E-state index contributed by atoms with van der Waals surface area (Å²) in [6.07, 6.45) is 0.570. The van der Waals surface area contributed by atoms with Crippen LogP contribution in [0.2, 0.25) is 0 Å². The number of rotatable bonds is 7. The summed E-state index contributed by atoms with van der Waals surface area (Å²) >= 11 is 0. The van der Waals surface area contributed by atoms with Crippen LogP contribution >= 0.6 is 0 Å². The summed E-state index contributed by atoms with van der Waals surface area (Å²) in [6.45, 7) is 2.31. The molecule has 9 heteroatoms. The van der Waals surface area contributed by atoms with Gasteiger partial charge in [-0.3, -0.25) is 9.59 Å². The van der Waals surface area contributed by atoms with Gasteiger partial charge in [0.1, 0.15) is 6.54 Å². The van der Waals surface area contributed by atoms with Gasteiger partial charge in [0.15, 0.2) is 5.69 Å². The van der Waals surface area contributed by atoms with Crippen LogP contribution in [0.5, 0.6) is 0 Å². The maximum absolute atomic E-state index is 11.7. The quantitative estimate of drug-likeness (QED) is 0.663. The minimum atomic E-state index is -0.728. The van der Waals surface area contributed by atoms with E-state index in [0.717, 1.165) is 6.42 Å². The standard InChI is InChI=1S/C12H18N4O5/c1-4-5-13-9(17)7-16-8(6-10(18)20-2)11(14-15-16)12(19)21-3/h4-7H2,1-3H3,(H,13,17). The first kappa shape index (κ1) is 16.6. The second-order valence-corrected chi connectivity index (χ2v) is 4.14. The molecular formula is C12H18N4O5. The van der Waals surface area contributed by atoms with Crippen molar-refractivity contribution in [2.24, 2.45) is 0 Å². The normalized spacial score (nSPS) is 10.0. The van der Waals surface area contributed by atoms with Gasteiger partial charge in [0.25, 0.3) is 0 Å². The topological polar surface area (TPSA) is 112 Å². The van der Waals surface area contributed by atoms with Gasteiger partial charge < -0.3 is 14.8 Å². The van der Waals surface area contributed by atoms with E-state index in [0.29, 0.717) is 6.54 Å². The maximum atomic E-state index is 11.7. The number of ether oxygens (including phenoxy) is 2. The highest BCUT2D eigenvalue weighted by molar-refractivity contribution is 5.90. The fraction of sp³-hybridized carbons (Fsp3) is 0.583. The van der Waals surface area contributed by atoms with Crippen LogP contribution in [0.15, 0.2) is 0 Å². The Hall–Kier alpha value is -2.45. The van der Waals surface area contributed by atoms with Crippen molar-refractivity contribution in [3.63, 3.8) is 0 Å². The van der Waals surface area contributed by atoms with Crippen molar-refractivity contribution < 1.29 is 23.9 Å². The molecule has 0 fully saturated rings. The number of hydrogen-bond acceptors (Lipinski definition) is 7. The first-order valence-corrected chi connectivity index (χ1v) is 6.37. The van der Waals surface area contributed by atoms with Crippen molar-refractivity contribution in [2.75, 3.05) is 20.8 Å². The van der Waals surface area contributed by atoms with E-state index in [-0.39, 0.29) is 30.3 Å². The Balaban J connectivity index is 2.97. The number of carbonyl (C=O) groups is 3. The van der Waals surface area contributed by atoms with Crippen molar-refractivity contribution in [1.29, 1.82) is 0 Å². The van der Waals surface area contributed by atoms with Crippen molar-refractivity contribution in [3.8, 4) is 0 Å². The van der Waals surface area contributed by atoms with E-state index >= 15 is 0 Å². The summed E-state index contributed by atoms with van der Waals surface area (Å²) in [5, 5.41) is 10.0. The van der Waals surface area contributed by atoms with Gasteiger partial charge in [-0.15, -0.1) is 5.10 Å². The Bertz CT molecular complexity index is 526. The molecule has 0 radical (unpaired) electrons. The number of hydrogen-bond donors (Lipinski definition) is 1. The van der Waals surface area contributed by atoms with Crippen LogP contribution in [0.3, 0.4) is 0 Å². The summed E-state index contributed by atoms with van der Waals surface area (Å²) in [7, 11) is 2.42. The monoisotopic (exact) mass is 298 g/mol. The second kappa shape index (κ2) is 7.98. The molecule has 0 atom stereocenters. The van der Waals surface area contributed by atoms with Crippen LogP contribution in [0.4, 0.5) is 0 Å². The van der Waals surface area contributed by atoms with Crippen LogP contribution in [0.25, 0.3) is 0 Å². The molecule has 0 aliphatic rings. The van der Waals surface area contributed by atoms with E-state index in [1.54, 1.807) is 0 Å². The average Bonchev–Trinajstić information content (AvgIpc) is 2.86. The first-order chi connectivity index (χ1) is 10.0. The summed E-state index contributed by atoms with van der Waals surface area (Å²) in [5.74, 6) is -1.59. The zero-order chi connectivity index (χ0) is 15.8. The summed E-state index contributed by atoms with van der Waals surface area (Å²) in [6, 6.07) is 0. The Kier molecular flexibility index (Phi) is 6.31. The van der Waals surface area contributed by atoms with Crippen LogP contribution in [0.1, 0.15) is 29.5 Å².